The second-order valence-corrected chi connectivity index (χ2v) is 3.87. The van der Waals surface area contributed by atoms with E-state index in [0.29, 0.717) is 12.4 Å². The molecule has 0 heterocycles. The van der Waals surface area contributed by atoms with Crippen molar-refractivity contribution in [2.24, 2.45) is 5.10 Å². The van der Waals surface area contributed by atoms with Crippen LogP contribution in [-0.4, -0.2) is 31.2 Å². The van der Waals surface area contributed by atoms with Crippen molar-refractivity contribution in [3.05, 3.63) is 55.1 Å². The standard InChI is InChI=1S/C15H17N3O3/c1-3-9-16-14(19)15(20)18-17-11-12-5-7-13(8-6-12)21-10-4-2/h3-8,11H,1-2,9-10H2,(H,16,19)(H,18,20)/b17-11-. The van der Waals surface area contributed by atoms with Crippen molar-refractivity contribution in [1.82, 2.24) is 10.7 Å². The van der Waals surface area contributed by atoms with Crippen molar-refractivity contribution in [1.29, 1.82) is 0 Å². The molecule has 6 heteroatoms. The number of hydrogen-bond acceptors (Lipinski definition) is 4. The lowest BCUT2D eigenvalue weighted by atomic mass is 10.2. The van der Waals surface area contributed by atoms with Gasteiger partial charge < -0.3 is 10.1 Å². The fourth-order valence-corrected chi connectivity index (χ4v) is 1.27. The number of carbonyl (C=O) groups is 2. The van der Waals surface area contributed by atoms with Gasteiger partial charge in [0.05, 0.1) is 6.21 Å². The molecular formula is C15H17N3O3. The van der Waals surface area contributed by atoms with Crippen LogP contribution in [0.1, 0.15) is 5.56 Å². The predicted octanol–water partition coefficient (Wildman–Crippen LogP) is 1.00. The van der Waals surface area contributed by atoms with Crippen molar-refractivity contribution < 1.29 is 14.3 Å². The molecule has 110 valence electrons. The number of rotatable bonds is 7. The number of nitrogens with zero attached hydrogens (tertiary/aromatic N) is 1. The number of nitrogens with one attached hydrogen (secondary N) is 2. The summed E-state index contributed by atoms with van der Waals surface area (Å²) in [6.45, 7) is 7.64. The summed E-state index contributed by atoms with van der Waals surface area (Å²) < 4.78 is 5.33. The Morgan fingerprint density at radius 3 is 2.48 bits per heavy atom. The Balaban J connectivity index is 2.45. The fraction of sp³-hybridized carbons (Fsp3) is 0.133. The van der Waals surface area contributed by atoms with Crippen molar-refractivity contribution in [2.75, 3.05) is 13.2 Å². The number of hydrazone groups is 1. The average Bonchev–Trinajstić information content (AvgIpc) is 2.51. The van der Waals surface area contributed by atoms with Crippen LogP contribution < -0.4 is 15.5 Å². The zero-order chi connectivity index (χ0) is 15.5. The predicted molar refractivity (Wildman–Crippen MR) is 81.1 cm³/mol. The summed E-state index contributed by atoms with van der Waals surface area (Å²) in [5.74, 6) is -0.890. The molecule has 0 bridgehead atoms. The highest BCUT2D eigenvalue weighted by Gasteiger charge is 2.10. The summed E-state index contributed by atoms with van der Waals surface area (Å²) in [6, 6.07) is 7.07. The zero-order valence-corrected chi connectivity index (χ0v) is 11.5. The van der Waals surface area contributed by atoms with Gasteiger partial charge >= 0.3 is 11.8 Å². The van der Waals surface area contributed by atoms with Crippen LogP contribution in [0.15, 0.2) is 54.7 Å². The Bertz CT molecular complexity index is 536. The highest BCUT2D eigenvalue weighted by Crippen LogP contribution is 2.10. The maximum Gasteiger partial charge on any atom is 0.329 e. The van der Waals surface area contributed by atoms with E-state index in [0.717, 1.165) is 5.56 Å². The van der Waals surface area contributed by atoms with Gasteiger partial charge in [-0.3, -0.25) is 9.59 Å². The first kappa shape index (κ1) is 16.2. The Morgan fingerprint density at radius 2 is 1.86 bits per heavy atom. The monoisotopic (exact) mass is 287 g/mol. The molecule has 2 N–H and O–H groups in total. The number of ether oxygens (including phenoxy) is 1. The molecular weight excluding hydrogens is 270 g/mol. The third-order valence-corrected chi connectivity index (χ3v) is 2.24. The van der Waals surface area contributed by atoms with E-state index in [4.69, 9.17) is 4.74 Å². The molecule has 0 spiro atoms. The van der Waals surface area contributed by atoms with Crippen LogP contribution in [0.5, 0.6) is 5.75 Å². The third kappa shape index (κ3) is 6.20. The molecule has 0 saturated heterocycles. The number of amides is 2. The SMILES string of the molecule is C=CCNC(=O)C(=O)N/N=C\c1ccc(OCC=C)cc1. The smallest absolute Gasteiger partial charge is 0.329 e. The number of hydrogen-bond donors (Lipinski definition) is 2. The molecule has 2 amide bonds. The highest BCUT2D eigenvalue weighted by atomic mass is 16.5. The summed E-state index contributed by atoms with van der Waals surface area (Å²) in [5, 5.41) is 6.03. The van der Waals surface area contributed by atoms with Crippen LogP contribution in [0, 0.1) is 0 Å². The molecule has 6 nitrogen and oxygen atoms in total. The molecule has 0 aromatic heterocycles. The Morgan fingerprint density at radius 1 is 1.14 bits per heavy atom. The fourth-order valence-electron chi connectivity index (χ4n) is 1.27. The van der Waals surface area contributed by atoms with Gasteiger partial charge in [0.25, 0.3) is 0 Å². The van der Waals surface area contributed by atoms with E-state index < -0.39 is 11.8 Å². The normalized spacial score (nSPS) is 9.90. The van der Waals surface area contributed by atoms with Crippen molar-refractivity contribution in [3.63, 3.8) is 0 Å². The number of carbonyl (C=O) groups excluding carboxylic acids is 2. The highest BCUT2D eigenvalue weighted by molar-refractivity contribution is 6.35. The van der Waals surface area contributed by atoms with Crippen molar-refractivity contribution in [2.45, 2.75) is 0 Å². The number of benzene rings is 1. The molecule has 0 fully saturated rings. The van der Waals surface area contributed by atoms with E-state index in [9.17, 15) is 9.59 Å². The van der Waals surface area contributed by atoms with E-state index in [-0.39, 0.29) is 6.54 Å². The van der Waals surface area contributed by atoms with Gasteiger partial charge in [0, 0.05) is 6.54 Å². The maximum absolute atomic E-state index is 11.3. The minimum Gasteiger partial charge on any atom is -0.490 e. The van der Waals surface area contributed by atoms with E-state index in [1.54, 1.807) is 30.3 Å². The van der Waals surface area contributed by atoms with Gasteiger partial charge in [-0.1, -0.05) is 18.7 Å². The molecule has 0 unspecified atom stereocenters. The quantitative estimate of drug-likeness (QED) is 0.340. The van der Waals surface area contributed by atoms with E-state index >= 15 is 0 Å². The van der Waals surface area contributed by atoms with Gasteiger partial charge in [-0.05, 0) is 29.8 Å². The molecule has 0 radical (unpaired) electrons. The van der Waals surface area contributed by atoms with Crippen LogP contribution in [0.4, 0.5) is 0 Å². The second kappa shape index (κ2) is 9.08. The Labute approximate surface area is 123 Å². The van der Waals surface area contributed by atoms with E-state index in [2.05, 4.69) is 29.0 Å². The summed E-state index contributed by atoms with van der Waals surface area (Å²) in [7, 11) is 0. The van der Waals surface area contributed by atoms with Crippen LogP contribution in [-0.2, 0) is 9.59 Å². The summed E-state index contributed by atoms with van der Waals surface area (Å²) in [5.41, 5.74) is 2.89. The van der Waals surface area contributed by atoms with Gasteiger partial charge in [-0.15, -0.1) is 6.58 Å². The minimum absolute atomic E-state index is 0.224. The lowest BCUT2D eigenvalue weighted by Gasteiger charge is -2.02. The van der Waals surface area contributed by atoms with Crippen LogP contribution in [0.25, 0.3) is 0 Å². The van der Waals surface area contributed by atoms with E-state index in [1.807, 2.05) is 0 Å². The molecule has 1 aromatic carbocycles. The van der Waals surface area contributed by atoms with Gasteiger partial charge in [-0.2, -0.15) is 5.10 Å². The van der Waals surface area contributed by atoms with Gasteiger partial charge in [0.1, 0.15) is 12.4 Å². The maximum atomic E-state index is 11.3. The Hall–Kier alpha value is -2.89. The van der Waals surface area contributed by atoms with Crippen LogP contribution in [0.3, 0.4) is 0 Å². The summed E-state index contributed by atoms with van der Waals surface area (Å²) in [6.07, 6.45) is 4.56. The second-order valence-electron chi connectivity index (χ2n) is 3.87. The topological polar surface area (TPSA) is 79.8 Å². The van der Waals surface area contributed by atoms with Crippen molar-refractivity contribution >= 4 is 18.0 Å². The third-order valence-electron chi connectivity index (χ3n) is 2.24. The van der Waals surface area contributed by atoms with Crippen LogP contribution in [0.2, 0.25) is 0 Å². The van der Waals surface area contributed by atoms with Crippen molar-refractivity contribution in [3.8, 4) is 5.75 Å². The first-order valence-corrected chi connectivity index (χ1v) is 6.23. The molecule has 1 aromatic rings. The zero-order valence-electron chi connectivity index (χ0n) is 11.5. The van der Waals surface area contributed by atoms with Gasteiger partial charge in [0.2, 0.25) is 0 Å². The van der Waals surface area contributed by atoms with Gasteiger partial charge in [-0.25, -0.2) is 5.43 Å². The molecule has 1 rings (SSSR count). The molecule has 0 aliphatic carbocycles. The molecule has 21 heavy (non-hydrogen) atoms. The van der Waals surface area contributed by atoms with E-state index in [1.165, 1.54) is 12.3 Å². The first-order valence-electron chi connectivity index (χ1n) is 6.23. The lowest BCUT2D eigenvalue weighted by Crippen LogP contribution is -2.37. The Kier molecular flexibility index (Phi) is 6.99. The first-order chi connectivity index (χ1) is 10.2. The lowest BCUT2D eigenvalue weighted by molar-refractivity contribution is -0.139. The average molecular weight is 287 g/mol. The minimum atomic E-state index is -0.834. The largest absolute Gasteiger partial charge is 0.490 e. The molecule has 0 aliphatic rings. The molecule has 0 saturated carbocycles. The molecule has 0 atom stereocenters. The van der Waals surface area contributed by atoms with Crippen LogP contribution >= 0.6 is 0 Å². The van der Waals surface area contributed by atoms with Gasteiger partial charge in [0.15, 0.2) is 0 Å². The molecule has 0 aliphatic heterocycles. The summed E-state index contributed by atoms with van der Waals surface area (Å²) >= 11 is 0. The summed E-state index contributed by atoms with van der Waals surface area (Å²) in [4.78, 5) is 22.5.